The molecule has 0 aliphatic carbocycles. The molecule has 1 heterocycles. The summed E-state index contributed by atoms with van der Waals surface area (Å²) in [6, 6.07) is 0.652. The van der Waals surface area contributed by atoms with Crippen LogP contribution in [-0.4, -0.2) is 60.7 Å². The van der Waals surface area contributed by atoms with Gasteiger partial charge in [0.05, 0.1) is 27.2 Å². The highest BCUT2D eigenvalue weighted by atomic mass is 15.4. The van der Waals surface area contributed by atoms with Gasteiger partial charge in [-0.15, -0.1) is 0 Å². The highest BCUT2D eigenvalue weighted by Gasteiger charge is 2.25. The molecule has 0 unspecified atom stereocenters. The normalized spacial score (nSPS) is 17.4. The Bertz CT molecular complexity index is 317. The van der Waals surface area contributed by atoms with Crippen molar-refractivity contribution >= 4 is 11.9 Å². The molecule has 0 atom stereocenters. The van der Waals surface area contributed by atoms with Gasteiger partial charge in [-0.1, -0.05) is 0 Å². The molecule has 0 aromatic rings. The van der Waals surface area contributed by atoms with E-state index < -0.39 is 0 Å². The summed E-state index contributed by atoms with van der Waals surface area (Å²) in [4.78, 5) is 6.78. The van der Waals surface area contributed by atoms with Crippen LogP contribution in [0.3, 0.4) is 0 Å². The van der Waals surface area contributed by atoms with Crippen molar-refractivity contribution in [3.8, 4) is 0 Å². The maximum Gasteiger partial charge on any atom is 0.355 e. The number of likely N-dealkylation sites (N-methyl/N-ethyl adjacent to an activating group) is 2. The van der Waals surface area contributed by atoms with Crippen LogP contribution in [0.2, 0.25) is 0 Å². The van der Waals surface area contributed by atoms with E-state index >= 15 is 0 Å². The fraction of sp³-hybridized carbons (Fsp3) is 0.833. The summed E-state index contributed by atoms with van der Waals surface area (Å²) < 4.78 is 2.21. The number of aliphatic imine (C=N–C) groups is 1. The molecule has 0 radical (unpaired) electrons. The van der Waals surface area contributed by atoms with Gasteiger partial charge >= 0.3 is 5.96 Å². The molecule has 0 aromatic carbocycles. The Kier molecular flexibility index (Phi) is 4.78. The van der Waals surface area contributed by atoms with Gasteiger partial charge in [-0.3, -0.25) is 9.48 Å². The summed E-state index contributed by atoms with van der Waals surface area (Å²) in [6.07, 6.45) is 0. The predicted molar refractivity (Wildman–Crippen MR) is 72.7 cm³/mol. The SMILES string of the molecule is CC(C)N=C(NC1=[N+](C)CCN1C)NC(C)C. The van der Waals surface area contributed by atoms with Crippen molar-refractivity contribution in [2.45, 2.75) is 39.8 Å². The summed E-state index contributed by atoms with van der Waals surface area (Å²) in [5.74, 6) is 1.96. The van der Waals surface area contributed by atoms with Gasteiger partial charge in [-0.25, -0.2) is 10.3 Å². The first-order valence-corrected chi connectivity index (χ1v) is 6.30. The Morgan fingerprint density at radius 3 is 2.41 bits per heavy atom. The Balaban J connectivity index is 2.76. The van der Waals surface area contributed by atoms with E-state index in [2.05, 4.69) is 66.9 Å². The molecule has 0 fully saturated rings. The van der Waals surface area contributed by atoms with Crippen LogP contribution in [0.5, 0.6) is 0 Å². The first kappa shape index (κ1) is 13.8. The molecule has 0 spiro atoms. The summed E-state index contributed by atoms with van der Waals surface area (Å²) in [7, 11) is 4.18. The molecule has 1 aliphatic rings. The van der Waals surface area contributed by atoms with Crippen LogP contribution in [0.4, 0.5) is 0 Å². The van der Waals surface area contributed by atoms with Gasteiger partial charge in [0.25, 0.3) is 5.96 Å². The lowest BCUT2D eigenvalue weighted by atomic mass is 10.4. The first-order chi connectivity index (χ1) is 7.90. The summed E-state index contributed by atoms with van der Waals surface area (Å²) in [6.45, 7) is 10.5. The molecule has 0 amide bonds. The van der Waals surface area contributed by atoms with Gasteiger partial charge in [0, 0.05) is 12.1 Å². The second kappa shape index (κ2) is 5.89. The lowest BCUT2D eigenvalue weighted by Crippen LogP contribution is -2.49. The van der Waals surface area contributed by atoms with Gasteiger partial charge in [0.15, 0.2) is 0 Å². The third-order valence-electron chi connectivity index (χ3n) is 2.54. The van der Waals surface area contributed by atoms with Crippen LogP contribution in [0, 0.1) is 0 Å². The number of rotatable bonds is 2. The minimum Gasteiger partial charge on any atom is -0.341 e. The van der Waals surface area contributed by atoms with Crippen molar-refractivity contribution in [3.05, 3.63) is 0 Å². The molecule has 1 aliphatic heterocycles. The van der Waals surface area contributed by atoms with Crippen molar-refractivity contribution in [2.24, 2.45) is 4.99 Å². The average Bonchev–Trinajstić information content (AvgIpc) is 2.47. The standard InChI is InChI=1S/C12H25N5/c1-9(2)13-11(14-10(3)4)15-12-16(5)7-8-17(12)6/h9-10H,7-8H2,1-6H3,(H,13,14)/p+1. The summed E-state index contributed by atoms with van der Waals surface area (Å²) >= 11 is 0. The molecule has 5 nitrogen and oxygen atoms in total. The minimum atomic E-state index is 0.279. The molecule has 0 aromatic heterocycles. The molecule has 0 saturated heterocycles. The molecular weight excluding hydrogens is 214 g/mol. The smallest absolute Gasteiger partial charge is 0.341 e. The number of hydrogen-bond donors (Lipinski definition) is 2. The number of nitrogens with zero attached hydrogens (tertiary/aromatic N) is 3. The van der Waals surface area contributed by atoms with E-state index in [1.54, 1.807) is 0 Å². The van der Waals surface area contributed by atoms with E-state index in [1.165, 1.54) is 0 Å². The lowest BCUT2D eigenvalue weighted by Gasteiger charge is -2.15. The number of guanidine groups is 2. The van der Waals surface area contributed by atoms with Crippen molar-refractivity contribution in [1.29, 1.82) is 0 Å². The Morgan fingerprint density at radius 2 is 2.00 bits per heavy atom. The summed E-state index contributed by atoms with van der Waals surface area (Å²) in [5, 5.41) is 6.73. The molecule has 0 bridgehead atoms. The summed E-state index contributed by atoms with van der Waals surface area (Å²) in [5.41, 5.74) is 0. The average molecular weight is 240 g/mol. The van der Waals surface area contributed by atoms with E-state index in [9.17, 15) is 0 Å². The fourth-order valence-electron chi connectivity index (χ4n) is 1.74. The van der Waals surface area contributed by atoms with Crippen molar-refractivity contribution in [3.63, 3.8) is 0 Å². The molecule has 17 heavy (non-hydrogen) atoms. The van der Waals surface area contributed by atoms with Crippen LogP contribution >= 0.6 is 0 Å². The maximum atomic E-state index is 4.57. The van der Waals surface area contributed by atoms with Crippen LogP contribution < -0.4 is 10.6 Å². The third-order valence-corrected chi connectivity index (χ3v) is 2.54. The number of nitrogens with one attached hydrogen (secondary N) is 2. The maximum absolute atomic E-state index is 4.57. The van der Waals surface area contributed by atoms with Gasteiger partial charge in [-0.05, 0) is 27.7 Å². The van der Waals surface area contributed by atoms with Crippen LogP contribution in [0.15, 0.2) is 4.99 Å². The zero-order chi connectivity index (χ0) is 13.0. The largest absolute Gasteiger partial charge is 0.355 e. The van der Waals surface area contributed by atoms with Crippen molar-refractivity contribution < 1.29 is 4.58 Å². The monoisotopic (exact) mass is 240 g/mol. The highest BCUT2D eigenvalue weighted by Crippen LogP contribution is 1.95. The molecule has 2 N–H and O–H groups in total. The molecule has 1 rings (SSSR count). The molecule has 98 valence electrons. The van der Waals surface area contributed by atoms with E-state index in [0.29, 0.717) is 6.04 Å². The zero-order valence-corrected chi connectivity index (χ0v) is 11.9. The van der Waals surface area contributed by atoms with Crippen LogP contribution in [0.25, 0.3) is 0 Å². The number of hydrogen-bond acceptors (Lipinski definition) is 2. The lowest BCUT2D eigenvalue weighted by molar-refractivity contribution is -0.488. The van der Waals surface area contributed by atoms with E-state index in [1.807, 2.05) is 0 Å². The molecule has 0 saturated carbocycles. The van der Waals surface area contributed by atoms with E-state index in [4.69, 9.17) is 0 Å². The fourth-order valence-corrected chi connectivity index (χ4v) is 1.74. The van der Waals surface area contributed by atoms with Crippen LogP contribution in [0.1, 0.15) is 27.7 Å². The van der Waals surface area contributed by atoms with Gasteiger partial charge in [0.2, 0.25) is 0 Å². The third kappa shape index (κ3) is 4.24. The van der Waals surface area contributed by atoms with E-state index in [0.717, 1.165) is 25.0 Å². The Morgan fingerprint density at radius 1 is 1.35 bits per heavy atom. The van der Waals surface area contributed by atoms with Crippen molar-refractivity contribution in [2.75, 3.05) is 27.2 Å². The Hall–Kier alpha value is -1.26. The van der Waals surface area contributed by atoms with Crippen LogP contribution in [-0.2, 0) is 0 Å². The zero-order valence-electron chi connectivity index (χ0n) is 11.9. The highest BCUT2D eigenvalue weighted by molar-refractivity contribution is 5.96. The second-order valence-electron chi connectivity index (χ2n) is 5.16. The second-order valence-corrected chi connectivity index (χ2v) is 5.16. The quantitative estimate of drug-likeness (QED) is 0.414. The predicted octanol–water partition coefficient (Wildman–Crippen LogP) is 0.282. The van der Waals surface area contributed by atoms with Gasteiger partial charge in [0.1, 0.15) is 0 Å². The Labute approximate surface area is 105 Å². The van der Waals surface area contributed by atoms with Gasteiger partial charge < -0.3 is 5.32 Å². The minimum absolute atomic E-state index is 0.279. The molecular formula is C12H26N5+. The first-order valence-electron chi connectivity index (χ1n) is 6.30. The molecule has 5 heteroatoms. The van der Waals surface area contributed by atoms with E-state index in [-0.39, 0.29) is 6.04 Å². The van der Waals surface area contributed by atoms with Crippen molar-refractivity contribution in [1.82, 2.24) is 15.5 Å². The topological polar surface area (TPSA) is 42.7 Å². The van der Waals surface area contributed by atoms with Gasteiger partial charge in [-0.2, -0.15) is 0 Å².